The van der Waals surface area contributed by atoms with Crippen LogP contribution in [-0.2, 0) is 23.1 Å². The van der Waals surface area contributed by atoms with Crippen molar-refractivity contribution in [3.63, 3.8) is 0 Å². The quantitative estimate of drug-likeness (QED) is 0.797. The van der Waals surface area contributed by atoms with E-state index in [9.17, 15) is 9.59 Å². The van der Waals surface area contributed by atoms with Crippen molar-refractivity contribution in [2.75, 3.05) is 17.2 Å². The summed E-state index contributed by atoms with van der Waals surface area (Å²) < 4.78 is 1.65. The molecule has 1 fully saturated rings. The average Bonchev–Trinajstić information content (AvgIpc) is 3.13. The fourth-order valence-electron chi connectivity index (χ4n) is 2.89. The van der Waals surface area contributed by atoms with Crippen LogP contribution in [0.2, 0.25) is 0 Å². The molecule has 24 heavy (non-hydrogen) atoms. The van der Waals surface area contributed by atoms with Crippen molar-refractivity contribution in [2.45, 2.75) is 25.3 Å². The van der Waals surface area contributed by atoms with E-state index < -0.39 is 6.04 Å². The number of nitrogen functional groups attached to an aromatic ring is 1. The van der Waals surface area contributed by atoms with Crippen LogP contribution in [-0.4, -0.2) is 34.2 Å². The summed E-state index contributed by atoms with van der Waals surface area (Å²) in [4.78, 5) is 26.2. The maximum Gasteiger partial charge on any atom is 0.249 e. The highest BCUT2D eigenvalue weighted by Crippen LogP contribution is 2.21. The summed E-state index contributed by atoms with van der Waals surface area (Å²) in [6.45, 7) is 0.584. The van der Waals surface area contributed by atoms with Gasteiger partial charge in [-0.05, 0) is 24.5 Å². The van der Waals surface area contributed by atoms with Crippen LogP contribution in [0.3, 0.4) is 0 Å². The van der Waals surface area contributed by atoms with E-state index in [1.807, 2.05) is 24.3 Å². The number of nitrogens with zero attached hydrogens (tertiary/aromatic N) is 3. The lowest BCUT2D eigenvalue weighted by Crippen LogP contribution is -2.41. The van der Waals surface area contributed by atoms with Gasteiger partial charge in [0.1, 0.15) is 6.04 Å². The van der Waals surface area contributed by atoms with Gasteiger partial charge in [-0.25, -0.2) is 0 Å². The molecule has 2 amide bonds. The highest BCUT2D eigenvalue weighted by molar-refractivity contribution is 6.01. The highest BCUT2D eigenvalue weighted by Gasteiger charge is 2.33. The van der Waals surface area contributed by atoms with Gasteiger partial charge in [-0.15, -0.1) is 0 Å². The zero-order valence-electron chi connectivity index (χ0n) is 13.6. The molecule has 3 N–H and O–H groups in total. The van der Waals surface area contributed by atoms with E-state index >= 15 is 0 Å². The third-order valence-corrected chi connectivity index (χ3v) is 4.22. The van der Waals surface area contributed by atoms with Crippen LogP contribution in [0.1, 0.15) is 18.4 Å². The Hall–Kier alpha value is -2.83. The van der Waals surface area contributed by atoms with E-state index in [-0.39, 0.29) is 11.8 Å². The van der Waals surface area contributed by atoms with Crippen LogP contribution >= 0.6 is 0 Å². The van der Waals surface area contributed by atoms with E-state index in [0.29, 0.717) is 31.5 Å². The molecule has 1 aliphatic rings. The van der Waals surface area contributed by atoms with E-state index in [4.69, 9.17) is 5.73 Å². The standard InChI is InChI=1S/C17H21N5O2/c1-21-11-13(10-19-21)22-9-8-15(17(22)24)20-16(23)7-6-12-4-2-3-5-14(12)18/h2-5,10-11,15H,6-9,18H2,1H3,(H,20,23). The molecule has 0 spiro atoms. The topological polar surface area (TPSA) is 93.2 Å². The minimum absolute atomic E-state index is 0.0874. The normalized spacial score (nSPS) is 17.3. The molecule has 0 saturated carbocycles. The Kier molecular flexibility index (Phi) is 4.50. The molecule has 1 atom stereocenters. The maximum absolute atomic E-state index is 12.4. The molecule has 126 valence electrons. The van der Waals surface area contributed by atoms with Crippen molar-refractivity contribution in [2.24, 2.45) is 7.05 Å². The summed E-state index contributed by atoms with van der Waals surface area (Å²) in [5, 5.41) is 6.90. The zero-order valence-corrected chi connectivity index (χ0v) is 13.6. The molecule has 2 aromatic rings. The molecular weight excluding hydrogens is 306 g/mol. The van der Waals surface area contributed by atoms with Gasteiger partial charge in [-0.3, -0.25) is 14.3 Å². The van der Waals surface area contributed by atoms with Crippen LogP contribution < -0.4 is 16.0 Å². The first-order valence-electron chi connectivity index (χ1n) is 7.97. The average molecular weight is 327 g/mol. The first-order valence-corrected chi connectivity index (χ1v) is 7.97. The van der Waals surface area contributed by atoms with Crippen LogP contribution in [0.25, 0.3) is 0 Å². The predicted octanol–water partition coefficient (Wildman–Crippen LogP) is 0.857. The molecule has 2 heterocycles. The number of amides is 2. The van der Waals surface area contributed by atoms with Crippen LogP contribution in [0, 0.1) is 0 Å². The molecule has 0 aliphatic carbocycles. The van der Waals surface area contributed by atoms with Gasteiger partial charge in [-0.1, -0.05) is 18.2 Å². The number of anilines is 2. The lowest BCUT2D eigenvalue weighted by atomic mass is 10.1. The zero-order chi connectivity index (χ0) is 17.1. The van der Waals surface area contributed by atoms with E-state index in [1.54, 1.807) is 29.0 Å². The van der Waals surface area contributed by atoms with Crippen molar-refractivity contribution < 1.29 is 9.59 Å². The van der Waals surface area contributed by atoms with Crippen molar-refractivity contribution in [1.29, 1.82) is 0 Å². The van der Waals surface area contributed by atoms with Crippen LogP contribution in [0.4, 0.5) is 11.4 Å². The number of aromatic nitrogens is 2. The molecule has 0 radical (unpaired) electrons. The number of benzene rings is 1. The highest BCUT2D eigenvalue weighted by atomic mass is 16.2. The fourth-order valence-corrected chi connectivity index (χ4v) is 2.89. The molecule has 3 rings (SSSR count). The maximum atomic E-state index is 12.4. The first-order chi connectivity index (χ1) is 11.5. The van der Waals surface area contributed by atoms with Crippen molar-refractivity contribution in [1.82, 2.24) is 15.1 Å². The Morgan fingerprint density at radius 3 is 2.92 bits per heavy atom. The van der Waals surface area contributed by atoms with Gasteiger partial charge in [-0.2, -0.15) is 5.10 Å². The van der Waals surface area contributed by atoms with E-state index in [2.05, 4.69) is 10.4 Å². The third kappa shape index (κ3) is 3.40. The van der Waals surface area contributed by atoms with Gasteiger partial charge in [0.25, 0.3) is 0 Å². The number of carbonyl (C=O) groups is 2. The number of para-hydroxylation sites is 1. The molecule has 7 heteroatoms. The third-order valence-electron chi connectivity index (χ3n) is 4.22. The van der Waals surface area contributed by atoms with Gasteiger partial charge >= 0.3 is 0 Å². The Bertz CT molecular complexity index is 755. The van der Waals surface area contributed by atoms with E-state index in [0.717, 1.165) is 11.3 Å². The van der Waals surface area contributed by atoms with Crippen molar-refractivity contribution in [3.8, 4) is 0 Å². The number of nitrogens with two attached hydrogens (primary N) is 1. The molecular formula is C17H21N5O2. The van der Waals surface area contributed by atoms with E-state index in [1.165, 1.54) is 0 Å². The van der Waals surface area contributed by atoms with Crippen molar-refractivity contribution in [3.05, 3.63) is 42.2 Å². The smallest absolute Gasteiger partial charge is 0.249 e. The number of hydrogen-bond acceptors (Lipinski definition) is 4. The van der Waals surface area contributed by atoms with Crippen molar-refractivity contribution >= 4 is 23.2 Å². The SMILES string of the molecule is Cn1cc(N2CCC(NC(=O)CCc3ccccc3N)C2=O)cn1. The second-order valence-electron chi connectivity index (χ2n) is 5.97. The number of aryl methyl sites for hydroxylation is 2. The number of rotatable bonds is 5. The number of nitrogens with one attached hydrogen (secondary N) is 1. The summed E-state index contributed by atoms with van der Waals surface area (Å²) in [6, 6.07) is 7.03. The molecule has 1 aromatic carbocycles. The Morgan fingerprint density at radius 2 is 2.21 bits per heavy atom. The predicted molar refractivity (Wildman–Crippen MR) is 91.3 cm³/mol. The molecule has 0 bridgehead atoms. The van der Waals surface area contributed by atoms with Gasteiger partial charge in [0.15, 0.2) is 0 Å². The van der Waals surface area contributed by atoms with Crippen LogP contribution in [0.15, 0.2) is 36.7 Å². The summed E-state index contributed by atoms with van der Waals surface area (Å²) in [6.07, 6.45) is 4.92. The molecule has 1 unspecified atom stereocenters. The molecule has 1 aliphatic heterocycles. The van der Waals surface area contributed by atoms with Crippen LogP contribution in [0.5, 0.6) is 0 Å². The van der Waals surface area contributed by atoms with Gasteiger partial charge in [0.05, 0.1) is 11.9 Å². The van der Waals surface area contributed by atoms with Gasteiger partial charge in [0.2, 0.25) is 11.8 Å². The second kappa shape index (κ2) is 6.74. The summed E-state index contributed by atoms with van der Waals surface area (Å²) >= 11 is 0. The number of carbonyl (C=O) groups excluding carboxylic acids is 2. The summed E-state index contributed by atoms with van der Waals surface area (Å²) in [5.74, 6) is -0.222. The van der Waals surface area contributed by atoms with Gasteiger partial charge < -0.3 is 16.0 Å². The molecule has 7 nitrogen and oxygen atoms in total. The molecule has 1 saturated heterocycles. The Balaban J connectivity index is 1.54. The second-order valence-corrected chi connectivity index (χ2v) is 5.97. The lowest BCUT2D eigenvalue weighted by Gasteiger charge is -2.15. The first kappa shape index (κ1) is 16.0. The largest absolute Gasteiger partial charge is 0.399 e. The monoisotopic (exact) mass is 327 g/mol. The van der Waals surface area contributed by atoms with Gasteiger partial charge in [0, 0.05) is 31.9 Å². The fraction of sp³-hybridized carbons (Fsp3) is 0.353. The minimum Gasteiger partial charge on any atom is -0.399 e. The Labute approximate surface area is 140 Å². The minimum atomic E-state index is -0.467. The number of hydrogen-bond donors (Lipinski definition) is 2. The lowest BCUT2D eigenvalue weighted by molar-refractivity contribution is -0.126. The Morgan fingerprint density at radius 1 is 1.42 bits per heavy atom. The summed E-state index contributed by atoms with van der Waals surface area (Å²) in [7, 11) is 1.80. The summed E-state index contributed by atoms with van der Waals surface area (Å²) in [5.41, 5.74) is 8.27. The molecule has 1 aromatic heterocycles.